The zero-order chi connectivity index (χ0) is 20.5. The minimum atomic E-state index is -4.55. The molecular formula is C18H14Cl2F3N3O2. The number of anilines is 1. The van der Waals surface area contributed by atoms with E-state index in [4.69, 9.17) is 23.2 Å². The highest BCUT2D eigenvalue weighted by Gasteiger charge is 2.35. The van der Waals surface area contributed by atoms with Crippen molar-refractivity contribution in [3.05, 3.63) is 57.8 Å². The zero-order valence-electron chi connectivity index (χ0n) is 14.3. The molecule has 1 N–H and O–H groups in total. The van der Waals surface area contributed by atoms with E-state index in [1.165, 1.54) is 4.90 Å². The summed E-state index contributed by atoms with van der Waals surface area (Å²) in [7, 11) is 0. The van der Waals surface area contributed by atoms with Gasteiger partial charge in [-0.1, -0.05) is 23.2 Å². The first-order valence-electron chi connectivity index (χ1n) is 8.20. The fraction of sp³-hybridized carbons (Fsp3) is 0.278. The quantitative estimate of drug-likeness (QED) is 0.793. The third kappa shape index (κ3) is 4.56. The van der Waals surface area contributed by atoms with Gasteiger partial charge in [-0.25, -0.2) is 0 Å². The maximum absolute atomic E-state index is 12.6. The molecule has 1 aliphatic heterocycles. The standard InChI is InChI=1S/C18H14Cl2F3N3O2/c19-12-1-3-13(4-2-12)26-9-10(5-16(26)27)17(28)25-8-15-14(20)6-11(7-24-15)18(21,22)23/h1-4,6-7,10H,5,8-9H2,(H,25,28). The van der Waals surface area contributed by atoms with Gasteiger partial charge in [0.1, 0.15) is 0 Å². The molecule has 5 nitrogen and oxygen atoms in total. The van der Waals surface area contributed by atoms with Gasteiger partial charge in [0.15, 0.2) is 0 Å². The molecular weight excluding hydrogens is 418 g/mol. The average molecular weight is 432 g/mol. The number of pyridine rings is 1. The summed E-state index contributed by atoms with van der Waals surface area (Å²) < 4.78 is 37.9. The molecule has 2 amide bonds. The van der Waals surface area contributed by atoms with Gasteiger partial charge in [0.2, 0.25) is 11.8 Å². The van der Waals surface area contributed by atoms with E-state index in [-0.39, 0.29) is 36.1 Å². The normalized spacial score (nSPS) is 17.1. The van der Waals surface area contributed by atoms with Gasteiger partial charge in [0, 0.05) is 29.9 Å². The van der Waals surface area contributed by atoms with E-state index in [2.05, 4.69) is 10.3 Å². The zero-order valence-corrected chi connectivity index (χ0v) is 15.8. The lowest BCUT2D eigenvalue weighted by Gasteiger charge is -2.17. The van der Waals surface area contributed by atoms with Crippen LogP contribution >= 0.6 is 23.2 Å². The first-order valence-corrected chi connectivity index (χ1v) is 8.96. The minimum absolute atomic E-state index is 0.0304. The Morgan fingerprint density at radius 2 is 1.93 bits per heavy atom. The molecule has 1 saturated heterocycles. The van der Waals surface area contributed by atoms with Gasteiger partial charge in [-0.15, -0.1) is 0 Å². The number of amides is 2. The molecule has 1 aliphatic rings. The fourth-order valence-electron chi connectivity index (χ4n) is 2.82. The van der Waals surface area contributed by atoms with Gasteiger partial charge in [0.25, 0.3) is 0 Å². The number of carbonyl (C=O) groups is 2. The molecule has 0 bridgehead atoms. The van der Waals surface area contributed by atoms with E-state index in [9.17, 15) is 22.8 Å². The van der Waals surface area contributed by atoms with Gasteiger partial charge >= 0.3 is 6.18 Å². The second-order valence-electron chi connectivity index (χ2n) is 6.25. The molecule has 148 valence electrons. The van der Waals surface area contributed by atoms with Crippen molar-refractivity contribution in [1.29, 1.82) is 0 Å². The maximum atomic E-state index is 12.6. The van der Waals surface area contributed by atoms with Crippen LogP contribution in [-0.4, -0.2) is 23.3 Å². The van der Waals surface area contributed by atoms with E-state index >= 15 is 0 Å². The molecule has 1 aromatic heterocycles. The number of hydrogen-bond donors (Lipinski definition) is 1. The van der Waals surface area contributed by atoms with Gasteiger partial charge in [-0.2, -0.15) is 13.2 Å². The molecule has 0 saturated carbocycles. The van der Waals surface area contributed by atoms with Crippen LogP contribution in [0.4, 0.5) is 18.9 Å². The first-order chi connectivity index (χ1) is 13.1. The van der Waals surface area contributed by atoms with Crippen LogP contribution in [0.5, 0.6) is 0 Å². The molecule has 10 heteroatoms. The number of rotatable bonds is 4. The highest BCUT2D eigenvalue weighted by Crippen LogP contribution is 2.31. The van der Waals surface area contributed by atoms with E-state index in [0.29, 0.717) is 16.9 Å². The molecule has 0 aliphatic carbocycles. The third-order valence-corrected chi connectivity index (χ3v) is 4.89. The van der Waals surface area contributed by atoms with Crippen molar-refractivity contribution in [1.82, 2.24) is 10.3 Å². The summed E-state index contributed by atoms with van der Waals surface area (Å²) in [5.41, 5.74) is -0.216. The molecule has 0 radical (unpaired) electrons. The average Bonchev–Trinajstić information content (AvgIpc) is 3.02. The maximum Gasteiger partial charge on any atom is 0.417 e. The molecule has 0 spiro atoms. The van der Waals surface area contributed by atoms with Crippen LogP contribution in [0.3, 0.4) is 0 Å². The topological polar surface area (TPSA) is 62.3 Å². The lowest BCUT2D eigenvalue weighted by Crippen LogP contribution is -2.33. The lowest BCUT2D eigenvalue weighted by atomic mass is 10.1. The number of benzene rings is 1. The molecule has 3 rings (SSSR count). The van der Waals surface area contributed by atoms with Crippen molar-refractivity contribution < 1.29 is 22.8 Å². The number of nitrogens with zero attached hydrogens (tertiary/aromatic N) is 2. The summed E-state index contributed by atoms with van der Waals surface area (Å²) in [5.74, 6) is -1.19. The molecule has 1 aromatic carbocycles. The van der Waals surface area contributed by atoms with E-state index in [1.807, 2.05) is 0 Å². The second-order valence-corrected chi connectivity index (χ2v) is 7.09. The summed E-state index contributed by atoms with van der Waals surface area (Å²) in [5, 5.41) is 2.91. The van der Waals surface area contributed by atoms with E-state index < -0.39 is 23.6 Å². The highest BCUT2D eigenvalue weighted by atomic mass is 35.5. The van der Waals surface area contributed by atoms with Gasteiger partial charge in [0.05, 0.1) is 28.7 Å². The smallest absolute Gasteiger partial charge is 0.350 e. The lowest BCUT2D eigenvalue weighted by molar-refractivity contribution is -0.137. The fourth-order valence-corrected chi connectivity index (χ4v) is 3.18. The van der Waals surface area contributed by atoms with Gasteiger partial charge in [-0.05, 0) is 30.3 Å². The number of carbonyl (C=O) groups excluding carboxylic acids is 2. The van der Waals surface area contributed by atoms with E-state index in [1.54, 1.807) is 24.3 Å². The SMILES string of the molecule is O=C(NCc1ncc(C(F)(F)F)cc1Cl)C1CC(=O)N(c2ccc(Cl)cc2)C1. The van der Waals surface area contributed by atoms with Crippen LogP contribution in [0.15, 0.2) is 36.5 Å². The summed E-state index contributed by atoms with van der Waals surface area (Å²) in [6, 6.07) is 7.43. The third-order valence-electron chi connectivity index (χ3n) is 4.31. The second kappa shape index (κ2) is 7.97. The summed E-state index contributed by atoms with van der Waals surface area (Å²) in [6.45, 7) is 0.0575. The van der Waals surface area contributed by atoms with Crippen molar-refractivity contribution in [2.75, 3.05) is 11.4 Å². The Morgan fingerprint density at radius 1 is 1.25 bits per heavy atom. The van der Waals surface area contributed by atoms with Crippen molar-refractivity contribution in [2.45, 2.75) is 19.1 Å². The van der Waals surface area contributed by atoms with E-state index in [0.717, 1.165) is 6.07 Å². The molecule has 1 atom stereocenters. The van der Waals surface area contributed by atoms with Crippen LogP contribution in [0.1, 0.15) is 17.7 Å². The molecule has 2 aromatic rings. The monoisotopic (exact) mass is 431 g/mol. The Labute approximate surface area is 168 Å². The molecule has 2 heterocycles. The van der Waals surface area contributed by atoms with Crippen molar-refractivity contribution >= 4 is 40.7 Å². The Kier molecular flexibility index (Phi) is 5.81. The number of hydrogen-bond acceptors (Lipinski definition) is 3. The predicted molar refractivity (Wildman–Crippen MR) is 98.0 cm³/mol. The van der Waals surface area contributed by atoms with Gasteiger partial charge < -0.3 is 10.2 Å². The number of aromatic nitrogens is 1. The van der Waals surface area contributed by atoms with Crippen molar-refractivity contribution in [3.63, 3.8) is 0 Å². The van der Waals surface area contributed by atoms with Crippen LogP contribution in [-0.2, 0) is 22.3 Å². The van der Waals surface area contributed by atoms with Crippen LogP contribution in [0, 0.1) is 5.92 Å². The van der Waals surface area contributed by atoms with Crippen LogP contribution < -0.4 is 10.2 Å². The van der Waals surface area contributed by atoms with Crippen molar-refractivity contribution in [2.24, 2.45) is 5.92 Å². The molecule has 1 unspecified atom stereocenters. The summed E-state index contributed by atoms with van der Waals surface area (Å²) >= 11 is 11.7. The minimum Gasteiger partial charge on any atom is -0.350 e. The molecule has 1 fully saturated rings. The Hall–Kier alpha value is -2.32. The van der Waals surface area contributed by atoms with Crippen molar-refractivity contribution in [3.8, 4) is 0 Å². The largest absolute Gasteiger partial charge is 0.417 e. The Morgan fingerprint density at radius 3 is 2.54 bits per heavy atom. The first kappa shape index (κ1) is 20.4. The van der Waals surface area contributed by atoms with Crippen LogP contribution in [0.25, 0.3) is 0 Å². The molecule has 28 heavy (non-hydrogen) atoms. The highest BCUT2D eigenvalue weighted by molar-refractivity contribution is 6.31. The summed E-state index contributed by atoms with van der Waals surface area (Å²) in [6.07, 6.45) is -3.86. The number of alkyl halides is 3. The van der Waals surface area contributed by atoms with Crippen LogP contribution in [0.2, 0.25) is 10.0 Å². The number of halogens is 5. The Balaban J connectivity index is 1.61. The Bertz CT molecular complexity index is 904. The predicted octanol–water partition coefficient (Wildman–Crippen LogP) is 4.08. The summed E-state index contributed by atoms with van der Waals surface area (Å²) in [4.78, 5) is 29.7. The van der Waals surface area contributed by atoms with Gasteiger partial charge in [-0.3, -0.25) is 14.6 Å². The number of nitrogens with one attached hydrogen (secondary N) is 1.